The quantitative estimate of drug-likeness (QED) is 0.585. The number of hydrogen-bond donors (Lipinski definition) is 2. The van der Waals surface area contributed by atoms with Gasteiger partial charge in [0.2, 0.25) is 0 Å². The fourth-order valence-electron chi connectivity index (χ4n) is 1.52. The lowest BCUT2D eigenvalue weighted by Gasteiger charge is -2.37. The van der Waals surface area contributed by atoms with Crippen molar-refractivity contribution in [2.75, 3.05) is 13.7 Å². The van der Waals surface area contributed by atoms with Crippen molar-refractivity contribution in [3.05, 3.63) is 9.81 Å². The lowest BCUT2D eigenvalue weighted by molar-refractivity contribution is -0.244. The summed E-state index contributed by atoms with van der Waals surface area (Å²) in [6.07, 6.45) is -3.45. The summed E-state index contributed by atoms with van der Waals surface area (Å²) in [5, 5.41) is 23.7. The third-order valence-corrected chi connectivity index (χ3v) is 2.32. The predicted octanol–water partition coefficient (Wildman–Crippen LogP) is -1.02. The molecule has 1 aliphatic rings. The number of ether oxygens (including phenoxy) is 2. The van der Waals surface area contributed by atoms with Crippen molar-refractivity contribution in [2.24, 2.45) is 10.4 Å². The maximum atomic E-state index is 10.5. The third-order valence-electron chi connectivity index (χ3n) is 2.32. The molecule has 1 fully saturated rings. The summed E-state index contributed by atoms with van der Waals surface area (Å²) >= 11 is 0. The van der Waals surface area contributed by atoms with Gasteiger partial charge in [-0.15, -0.1) is 0 Å². The fourth-order valence-corrected chi connectivity index (χ4v) is 1.52. The van der Waals surface area contributed by atoms with Gasteiger partial charge in [-0.1, -0.05) is 10.4 Å². The van der Waals surface area contributed by atoms with Gasteiger partial charge in [0.15, 0.2) is 12.3 Å². The summed E-state index contributed by atoms with van der Waals surface area (Å²) in [6.45, 7) is -0.505. The summed E-state index contributed by atoms with van der Waals surface area (Å²) < 4.78 is 9.75. The molecule has 1 saturated heterocycles. The molecule has 0 bridgehead atoms. The highest BCUT2D eigenvalue weighted by Gasteiger charge is 2.47. The molecule has 8 nitrogen and oxygen atoms in total. The molecule has 0 spiro atoms. The largest absolute Gasteiger partial charge is 0.394 e. The van der Waals surface area contributed by atoms with Crippen LogP contribution < -0.4 is 0 Å². The Morgan fingerprint density at radius 1 is 1.33 bits per heavy atom. The lowest BCUT2D eigenvalue weighted by atomic mass is 9.95. The van der Waals surface area contributed by atoms with Gasteiger partial charge in [0.05, 0.1) is 6.61 Å². The molecule has 1 heterocycles. The van der Waals surface area contributed by atoms with E-state index in [1.807, 2.05) is 0 Å². The second-order valence-corrected chi connectivity index (χ2v) is 3.14. The van der Waals surface area contributed by atoms with Crippen LogP contribution in [0.15, 0.2) is 10.4 Å². The number of methoxy groups -OCH3 is 1. The summed E-state index contributed by atoms with van der Waals surface area (Å²) in [5.74, 6) is 0. The van der Waals surface area contributed by atoms with E-state index in [1.165, 1.54) is 7.11 Å². The summed E-state index contributed by atoms with van der Waals surface area (Å²) in [5.41, 5.74) is 0. The predicted molar refractivity (Wildman–Crippen MR) is 47.9 cm³/mol. The normalized spacial score (nSPS) is 41.1. The van der Waals surface area contributed by atoms with Crippen molar-refractivity contribution in [1.82, 2.24) is 0 Å². The van der Waals surface area contributed by atoms with Crippen LogP contribution in [0, 0.1) is 9.81 Å². The number of aliphatic hydroxyl groups excluding tert-OH is 2. The van der Waals surface area contributed by atoms with Gasteiger partial charge in [0.1, 0.15) is 18.2 Å². The van der Waals surface area contributed by atoms with Gasteiger partial charge in [-0.25, -0.2) is 0 Å². The maximum absolute atomic E-state index is 10.5. The monoisotopic (exact) mass is 220 g/mol. The average Bonchev–Trinajstić information content (AvgIpc) is 2.28. The van der Waals surface area contributed by atoms with E-state index in [-0.39, 0.29) is 0 Å². The molecular formula is C7H12N2O6. The van der Waals surface area contributed by atoms with Crippen molar-refractivity contribution in [3.8, 4) is 0 Å². The van der Waals surface area contributed by atoms with Gasteiger partial charge in [-0.05, 0) is 0 Å². The van der Waals surface area contributed by atoms with Gasteiger partial charge >= 0.3 is 0 Å². The first-order valence-corrected chi connectivity index (χ1v) is 4.31. The van der Waals surface area contributed by atoms with E-state index in [9.17, 15) is 14.9 Å². The Kier molecular flexibility index (Phi) is 4.21. The molecule has 0 aliphatic carbocycles. The first kappa shape index (κ1) is 12.1. The Bertz CT molecular complexity index is 238. The van der Waals surface area contributed by atoms with Crippen LogP contribution in [0.1, 0.15) is 0 Å². The Morgan fingerprint density at radius 2 is 1.93 bits per heavy atom. The fraction of sp³-hybridized carbons (Fsp3) is 1.00. The molecule has 0 radical (unpaired) electrons. The molecule has 15 heavy (non-hydrogen) atoms. The van der Waals surface area contributed by atoms with Gasteiger partial charge in [0.25, 0.3) is 0 Å². The lowest BCUT2D eigenvalue weighted by Crippen LogP contribution is -2.57. The van der Waals surface area contributed by atoms with Crippen LogP contribution in [0.5, 0.6) is 0 Å². The van der Waals surface area contributed by atoms with Crippen molar-refractivity contribution < 1.29 is 19.7 Å². The van der Waals surface area contributed by atoms with E-state index >= 15 is 0 Å². The van der Waals surface area contributed by atoms with Crippen LogP contribution in [0.3, 0.4) is 0 Å². The van der Waals surface area contributed by atoms with Gasteiger partial charge in [-0.3, -0.25) is 0 Å². The van der Waals surface area contributed by atoms with Crippen molar-refractivity contribution in [1.29, 1.82) is 0 Å². The molecule has 2 N–H and O–H groups in total. The van der Waals surface area contributed by atoms with Crippen LogP contribution in [0.4, 0.5) is 0 Å². The summed E-state index contributed by atoms with van der Waals surface area (Å²) in [7, 11) is 1.26. The number of nitrogens with zero attached hydrogens (tertiary/aromatic N) is 2. The Labute approximate surface area is 85.1 Å². The number of rotatable bonds is 4. The second kappa shape index (κ2) is 5.21. The zero-order valence-corrected chi connectivity index (χ0v) is 8.02. The SMILES string of the molecule is COC1O[C@H](CO)[C@@H](N=O)[C@H](N=O)[C@H]1O. The smallest absolute Gasteiger partial charge is 0.185 e. The second-order valence-electron chi connectivity index (χ2n) is 3.14. The van der Waals surface area contributed by atoms with Crippen molar-refractivity contribution >= 4 is 0 Å². The molecular weight excluding hydrogens is 208 g/mol. The van der Waals surface area contributed by atoms with Crippen LogP contribution in [-0.2, 0) is 9.47 Å². The molecule has 5 atom stereocenters. The molecule has 86 valence electrons. The zero-order valence-electron chi connectivity index (χ0n) is 8.02. The van der Waals surface area contributed by atoms with E-state index in [4.69, 9.17) is 14.6 Å². The molecule has 0 aromatic carbocycles. The number of hydrogen-bond acceptors (Lipinski definition) is 8. The van der Waals surface area contributed by atoms with E-state index in [0.717, 1.165) is 0 Å². The first-order valence-electron chi connectivity index (χ1n) is 4.31. The minimum absolute atomic E-state index is 0.505. The Balaban J connectivity index is 2.87. The highest BCUT2D eigenvalue weighted by atomic mass is 16.7. The minimum atomic E-state index is -1.36. The zero-order chi connectivity index (χ0) is 11.4. The highest BCUT2D eigenvalue weighted by molar-refractivity contribution is 4.98. The highest BCUT2D eigenvalue weighted by Crippen LogP contribution is 2.25. The summed E-state index contributed by atoms with van der Waals surface area (Å²) in [4.78, 5) is 20.9. The van der Waals surface area contributed by atoms with Crippen molar-refractivity contribution in [2.45, 2.75) is 30.6 Å². The van der Waals surface area contributed by atoms with Gasteiger partial charge in [-0.2, -0.15) is 9.81 Å². The standard InChI is InChI=1S/C7H12N2O6/c1-14-7-6(11)5(9-13)4(8-12)3(2-10)15-7/h3-7,10-11H,2H2,1H3/t3-,4-,5+,6-,7?/m1/s1. The molecule has 8 heteroatoms. The molecule has 0 saturated carbocycles. The Morgan fingerprint density at radius 3 is 2.33 bits per heavy atom. The first-order chi connectivity index (χ1) is 7.19. The molecule has 0 aromatic heterocycles. The minimum Gasteiger partial charge on any atom is -0.394 e. The van der Waals surface area contributed by atoms with E-state index in [2.05, 4.69) is 10.4 Å². The third kappa shape index (κ3) is 2.17. The average molecular weight is 220 g/mol. The van der Waals surface area contributed by atoms with Crippen LogP contribution in [0.25, 0.3) is 0 Å². The van der Waals surface area contributed by atoms with E-state index in [1.54, 1.807) is 0 Å². The van der Waals surface area contributed by atoms with Crippen LogP contribution in [-0.4, -0.2) is 54.5 Å². The molecule has 0 amide bonds. The number of nitroso groups, excluding NO2 is 2. The van der Waals surface area contributed by atoms with E-state index in [0.29, 0.717) is 0 Å². The molecule has 1 unspecified atom stereocenters. The Hall–Kier alpha value is -0.960. The number of aliphatic hydroxyl groups is 2. The molecule has 1 rings (SSSR count). The summed E-state index contributed by atoms with van der Waals surface area (Å²) in [6, 6.07) is -2.47. The van der Waals surface area contributed by atoms with Gasteiger partial charge < -0.3 is 19.7 Å². The molecule has 0 aromatic rings. The topological polar surface area (TPSA) is 118 Å². The van der Waals surface area contributed by atoms with E-state index < -0.39 is 37.2 Å². The van der Waals surface area contributed by atoms with Crippen LogP contribution >= 0.6 is 0 Å². The van der Waals surface area contributed by atoms with Crippen LogP contribution in [0.2, 0.25) is 0 Å². The molecule has 1 aliphatic heterocycles. The van der Waals surface area contributed by atoms with Crippen molar-refractivity contribution in [3.63, 3.8) is 0 Å². The maximum Gasteiger partial charge on any atom is 0.185 e. The van der Waals surface area contributed by atoms with Gasteiger partial charge in [0, 0.05) is 7.11 Å².